The summed E-state index contributed by atoms with van der Waals surface area (Å²) in [5, 5.41) is 10.2. The standard InChI is InChI=1S/C13H12Br2O3/c1-17-9-2-3-11(14)8(6-9)7-12(16)10-4-5-18-13(10)15/h2-6,12,16H,7H2,1H3. The average molecular weight is 376 g/mol. The van der Waals surface area contributed by atoms with E-state index in [1.807, 2.05) is 18.2 Å². The van der Waals surface area contributed by atoms with E-state index < -0.39 is 6.10 Å². The number of methoxy groups -OCH3 is 1. The maximum atomic E-state index is 10.2. The lowest BCUT2D eigenvalue weighted by Crippen LogP contribution is -2.02. The minimum atomic E-state index is -0.624. The van der Waals surface area contributed by atoms with Gasteiger partial charge in [-0.3, -0.25) is 0 Å². The van der Waals surface area contributed by atoms with E-state index in [9.17, 15) is 5.11 Å². The van der Waals surface area contributed by atoms with Crippen LogP contribution in [0.3, 0.4) is 0 Å². The maximum absolute atomic E-state index is 10.2. The molecule has 0 bridgehead atoms. The summed E-state index contributed by atoms with van der Waals surface area (Å²) < 4.78 is 11.8. The van der Waals surface area contributed by atoms with Crippen LogP contribution in [0, 0.1) is 0 Å². The predicted octanol–water partition coefficient (Wildman–Crippen LogP) is 4.09. The molecule has 0 amide bonds. The van der Waals surface area contributed by atoms with Gasteiger partial charge in [0.2, 0.25) is 0 Å². The second-order valence-electron chi connectivity index (χ2n) is 3.83. The normalized spacial score (nSPS) is 12.4. The van der Waals surface area contributed by atoms with Gasteiger partial charge in [0.15, 0.2) is 4.67 Å². The van der Waals surface area contributed by atoms with Crippen LogP contribution in [0.1, 0.15) is 17.2 Å². The van der Waals surface area contributed by atoms with E-state index in [4.69, 9.17) is 9.15 Å². The number of benzene rings is 1. The Bertz CT molecular complexity index is 537. The number of rotatable bonds is 4. The molecule has 1 atom stereocenters. The number of aliphatic hydroxyl groups is 1. The predicted molar refractivity (Wildman–Crippen MR) is 75.8 cm³/mol. The Labute approximate surface area is 122 Å². The molecule has 0 fully saturated rings. The van der Waals surface area contributed by atoms with E-state index in [1.54, 1.807) is 19.4 Å². The fraction of sp³-hybridized carbons (Fsp3) is 0.231. The minimum absolute atomic E-state index is 0.482. The summed E-state index contributed by atoms with van der Waals surface area (Å²) in [7, 11) is 1.62. The van der Waals surface area contributed by atoms with Gasteiger partial charge in [0, 0.05) is 16.5 Å². The number of aliphatic hydroxyl groups excluding tert-OH is 1. The lowest BCUT2D eigenvalue weighted by atomic mass is 10.0. The Kier molecular flexibility index (Phi) is 4.48. The highest BCUT2D eigenvalue weighted by molar-refractivity contribution is 9.10. The minimum Gasteiger partial charge on any atom is -0.497 e. The monoisotopic (exact) mass is 374 g/mol. The van der Waals surface area contributed by atoms with E-state index in [0.29, 0.717) is 11.1 Å². The second kappa shape index (κ2) is 5.91. The molecule has 1 heterocycles. The SMILES string of the molecule is COc1ccc(Br)c(CC(O)c2ccoc2Br)c1. The zero-order valence-corrected chi connectivity index (χ0v) is 12.9. The third-order valence-electron chi connectivity index (χ3n) is 2.67. The second-order valence-corrected chi connectivity index (χ2v) is 5.40. The summed E-state index contributed by atoms with van der Waals surface area (Å²) in [6, 6.07) is 7.43. The molecule has 0 aliphatic carbocycles. The van der Waals surface area contributed by atoms with Crippen molar-refractivity contribution in [2.24, 2.45) is 0 Å². The molecule has 0 radical (unpaired) electrons. The summed E-state index contributed by atoms with van der Waals surface area (Å²) >= 11 is 6.73. The van der Waals surface area contributed by atoms with Crippen LogP contribution in [0.5, 0.6) is 5.75 Å². The van der Waals surface area contributed by atoms with Crippen LogP contribution in [0.2, 0.25) is 0 Å². The van der Waals surface area contributed by atoms with Crippen LogP contribution < -0.4 is 4.74 Å². The Morgan fingerprint density at radius 2 is 2.11 bits per heavy atom. The Hall–Kier alpha value is -0.780. The molecule has 0 spiro atoms. The number of halogens is 2. The smallest absolute Gasteiger partial charge is 0.174 e. The highest BCUT2D eigenvalue weighted by atomic mass is 79.9. The molecule has 96 valence electrons. The van der Waals surface area contributed by atoms with Gasteiger partial charge >= 0.3 is 0 Å². The van der Waals surface area contributed by atoms with E-state index in [2.05, 4.69) is 31.9 Å². The summed E-state index contributed by atoms with van der Waals surface area (Å²) in [6.07, 6.45) is 1.40. The fourth-order valence-corrected chi connectivity index (χ4v) is 2.61. The Morgan fingerprint density at radius 3 is 2.72 bits per heavy atom. The van der Waals surface area contributed by atoms with Gasteiger partial charge in [-0.25, -0.2) is 0 Å². The largest absolute Gasteiger partial charge is 0.497 e. The average Bonchev–Trinajstić information content (AvgIpc) is 2.78. The van der Waals surface area contributed by atoms with Crippen LogP contribution >= 0.6 is 31.9 Å². The Morgan fingerprint density at radius 1 is 1.33 bits per heavy atom. The van der Waals surface area contributed by atoms with Gasteiger partial charge in [0.25, 0.3) is 0 Å². The maximum Gasteiger partial charge on any atom is 0.174 e. The highest BCUT2D eigenvalue weighted by Gasteiger charge is 2.16. The van der Waals surface area contributed by atoms with Crippen LogP contribution in [-0.4, -0.2) is 12.2 Å². The first-order valence-electron chi connectivity index (χ1n) is 5.35. The third kappa shape index (κ3) is 2.96. The van der Waals surface area contributed by atoms with Crippen molar-refractivity contribution in [3.8, 4) is 5.75 Å². The van der Waals surface area contributed by atoms with E-state index in [1.165, 1.54) is 0 Å². The molecule has 1 N–H and O–H groups in total. The van der Waals surface area contributed by atoms with Crippen molar-refractivity contribution in [2.75, 3.05) is 7.11 Å². The summed E-state index contributed by atoms with van der Waals surface area (Å²) in [5.41, 5.74) is 1.72. The van der Waals surface area contributed by atoms with Crippen molar-refractivity contribution < 1.29 is 14.3 Å². The molecule has 1 unspecified atom stereocenters. The molecule has 2 rings (SSSR count). The molecular weight excluding hydrogens is 364 g/mol. The van der Waals surface area contributed by atoms with E-state index >= 15 is 0 Å². The van der Waals surface area contributed by atoms with Crippen molar-refractivity contribution >= 4 is 31.9 Å². The first-order chi connectivity index (χ1) is 8.61. The van der Waals surface area contributed by atoms with Crippen molar-refractivity contribution in [1.82, 2.24) is 0 Å². The molecule has 0 saturated carbocycles. The van der Waals surface area contributed by atoms with Gasteiger partial charge in [0.05, 0.1) is 19.5 Å². The van der Waals surface area contributed by atoms with Gasteiger partial charge < -0.3 is 14.3 Å². The molecule has 0 aliphatic rings. The quantitative estimate of drug-likeness (QED) is 0.875. The lowest BCUT2D eigenvalue weighted by Gasteiger charge is -2.12. The summed E-state index contributed by atoms with van der Waals surface area (Å²) in [5.74, 6) is 0.770. The molecule has 18 heavy (non-hydrogen) atoms. The molecule has 3 nitrogen and oxygen atoms in total. The summed E-state index contributed by atoms with van der Waals surface area (Å²) in [4.78, 5) is 0. The van der Waals surface area contributed by atoms with Crippen molar-refractivity contribution in [3.05, 3.63) is 50.8 Å². The first kappa shape index (κ1) is 13.6. The van der Waals surface area contributed by atoms with Gasteiger partial charge in [-0.2, -0.15) is 0 Å². The van der Waals surface area contributed by atoms with Crippen molar-refractivity contribution in [1.29, 1.82) is 0 Å². The molecule has 2 aromatic rings. The van der Waals surface area contributed by atoms with Crippen molar-refractivity contribution in [2.45, 2.75) is 12.5 Å². The molecule has 1 aromatic heterocycles. The Balaban J connectivity index is 2.21. The van der Waals surface area contributed by atoms with Crippen LogP contribution in [0.25, 0.3) is 0 Å². The van der Waals surface area contributed by atoms with Gasteiger partial charge in [-0.1, -0.05) is 15.9 Å². The fourth-order valence-electron chi connectivity index (χ4n) is 1.70. The molecular formula is C13H12Br2O3. The van der Waals surface area contributed by atoms with Gasteiger partial charge in [0.1, 0.15) is 5.75 Å². The highest BCUT2D eigenvalue weighted by Crippen LogP contribution is 2.30. The molecule has 5 heteroatoms. The number of furan rings is 1. The molecule has 0 saturated heterocycles. The number of hydrogen-bond acceptors (Lipinski definition) is 3. The van der Waals surface area contributed by atoms with Crippen LogP contribution in [0.15, 0.2) is 44.1 Å². The van der Waals surface area contributed by atoms with Gasteiger partial charge in [-0.15, -0.1) is 0 Å². The van der Waals surface area contributed by atoms with Crippen LogP contribution in [0.4, 0.5) is 0 Å². The lowest BCUT2D eigenvalue weighted by molar-refractivity contribution is 0.176. The third-order valence-corrected chi connectivity index (χ3v) is 4.09. The number of ether oxygens (including phenoxy) is 1. The zero-order chi connectivity index (χ0) is 13.1. The van der Waals surface area contributed by atoms with Crippen LogP contribution in [-0.2, 0) is 6.42 Å². The first-order valence-corrected chi connectivity index (χ1v) is 6.93. The molecule has 1 aromatic carbocycles. The molecule has 0 aliphatic heterocycles. The van der Waals surface area contributed by atoms with E-state index in [-0.39, 0.29) is 0 Å². The van der Waals surface area contributed by atoms with E-state index in [0.717, 1.165) is 21.3 Å². The van der Waals surface area contributed by atoms with Gasteiger partial charge in [-0.05, 0) is 45.8 Å². The summed E-state index contributed by atoms with van der Waals surface area (Å²) in [6.45, 7) is 0. The topological polar surface area (TPSA) is 42.6 Å². The zero-order valence-electron chi connectivity index (χ0n) is 9.69. The van der Waals surface area contributed by atoms with Crippen molar-refractivity contribution in [3.63, 3.8) is 0 Å². The number of hydrogen-bond donors (Lipinski definition) is 1.